The molecule has 2 aromatic heterocycles. The molecule has 2 aliphatic heterocycles. The number of aromatic nitrogens is 1. The molecule has 0 aliphatic carbocycles. The first-order valence-electron chi connectivity index (χ1n) is 9.65. The molecule has 7 nitrogen and oxygen atoms in total. The highest BCUT2D eigenvalue weighted by molar-refractivity contribution is 7.99. The average molecular weight is 451 g/mol. The van der Waals surface area contributed by atoms with Crippen LogP contribution >= 0.6 is 23.1 Å². The number of hydrogen-bond donors (Lipinski definition) is 0. The zero-order valence-electron chi connectivity index (χ0n) is 16.8. The van der Waals surface area contributed by atoms with Crippen molar-refractivity contribution in [3.8, 4) is 0 Å². The van der Waals surface area contributed by atoms with E-state index in [0.29, 0.717) is 0 Å². The van der Waals surface area contributed by atoms with E-state index in [0.717, 1.165) is 41.0 Å². The summed E-state index contributed by atoms with van der Waals surface area (Å²) in [7, 11) is 2.82. The Hall–Kier alpha value is -3.17. The van der Waals surface area contributed by atoms with Crippen LogP contribution in [-0.4, -0.2) is 46.7 Å². The highest BCUT2D eigenvalue weighted by Crippen LogP contribution is 2.51. The molecule has 3 aromatic rings. The third-order valence-corrected chi connectivity index (χ3v) is 7.59. The van der Waals surface area contributed by atoms with Gasteiger partial charge in [-0.25, -0.2) is 9.78 Å². The molecule has 156 valence electrons. The minimum atomic E-state index is -0.895. The number of thiophene rings is 1. The second kappa shape index (κ2) is 7.51. The van der Waals surface area contributed by atoms with Gasteiger partial charge in [0.25, 0.3) is 0 Å². The Morgan fingerprint density at radius 1 is 0.903 bits per heavy atom. The number of rotatable bonds is 3. The van der Waals surface area contributed by atoms with E-state index in [-0.39, 0.29) is 6.42 Å². The summed E-state index contributed by atoms with van der Waals surface area (Å²) in [6.45, 7) is 0. The number of benzene rings is 1. The lowest BCUT2D eigenvalue weighted by molar-refractivity contribution is -0.147. The Morgan fingerprint density at radius 3 is 2.39 bits per heavy atom. The highest BCUT2D eigenvalue weighted by Gasteiger charge is 2.42. The van der Waals surface area contributed by atoms with Crippen LogP contribution in [0.1, 0.15) is 4.88 Å². The molecule has 0 unspecified atom stereocenters. The van der Waals surface area contributed by atoms with Gasteiger partial charge in [-0.1, -0.05) is 23.9 Å². The Morgan fingerprint density at radius 2 is 1.61 bits per heavy atom. The summed E-state index contributed by atoms with van der Waals surface area (Å²) in [4.78, 5) is 49.0. The maximum atomic E-state index is 12.6. The monoisotopic (exact) mass is 450 g/mol. The molecule has 0 radical (unpaired) electrons. The van der Waals surface area contributed by atoms with Crippen molar-refractivity contribution in [1.82, 2.24) is 14.8 Å². The van der Waals surface area contributed by atoms with Crippen LogP contribution in [0.2, 0.25) is 0 Å². The number of pyridine rings is 1. The highest BCUT2D eigenvalue weighted by atomic mass is 32.2. The first-order chi connectivity index (χ1) is 15.0. The minimum absolute atomic E-state index is 0.254. The first-order valence-corrected chi connectivity index (χ1v) is 11.3. The number of fused-ring (bicyclic) bond motifs is 2. The van der Waals surface area contributed by atoms with Crippen molar-refractivity contribution in [1.29, 1.82) is 0 Å². The van der Waals surface area contributed by atoms with Crippen molar-refractivity contribution in [3.05, 3.63) is 59.6 Å². The van der Waals surface area contributed by atoms with Gasteiger partial charge in [-0.15, -0.1) is 11.3 Å². The molecule has 0 spiro atoms. The largest absolute Gasteiger partial charge is 0.332 e. The lowest BCUT2D eigenvalue weighted by Gasteiger charge is -2.32. The summed E-state index contributed by atoms with van der Waals surface area (Å²) in [5, 5.41) is 0.955. The Bertz CT molecular complexity index is 1160. The molecule has 0 saturated carbocycles. The molecule has 0 atom stereocenters. The number of barbiturate groups is 1. The lowest BCUT2D eigenvalue weighted by Crippen LogP contribution is -2.57. The molecule has 4 amide bonds. The van der Waals surface area contributed by atoms with Gasteiger partial charge in [0.15, 0.2) is 5.82 Å². The summed E-state index contributed by atoms with van der Waals surface area (Å²) < 4.78 is 0. The SMILES string of the molecule is CN1C(=O)C(Cc2ccc(N3c4ccccc4Sc4cccnc43)s2)C(=O)N(C)C1=O. The lowest BCUT2D eigenvalue weighted by atomic mass is 9.99. The maximum Gasteiger partial charge on any atom is 0.332 e. The van der Waals surface area contributed by atoms with Gasteiger partial charge in [0.05, 0.1) is 10.6 Å². The summed E-state index contributed by atoms with van der Waals surface area (Å²) in [6.07, 6.45) is 2.03. The average Bonchev–Trinajstić information content (AvgIpc) is 3.25. The van der Waals surface area contributed by atoms with Crippen molar-refractivity contribution < 1.29 is 14.4 Å². The number of carbonyl (C=O) groups excluding carboxylic acids is 3. The van der Waals surface area contributed by atoms with E-state index in [1.165, 1.54) is 25.4 Å². The van der Waals surface area contributed by atoms with Crippen LogP contribution in [0.15, 0.2) is 64.5 Å². The second-order valence-corrected chi connectivity index (χ2v) is 9.53. The van der Waals surface area contributed by atoms with E-state index in [2.05, 4.69) is 22.0 Å². The molecule has 4 heterocycles. The van der Waals surface area contributed by atoms with Gasteiger partial charge in [0.1, 0.15) is 10.9 Å². The standard InChI is InChI=1S/C22H18N4O3S2/c1-24-20(27)14(21(28)25(2)22(24)29)12-13-9-10-18(30-13)26-15-6-3-4-7-16(15)31-17-8-5-11-23-19(17)26/h3-11,14H,12H2,1-2H3. The number of anilines is 3. The Kier molecular flexibility index (Phi) is 4.79. The normalized spacial score (nSPS) is 16.6. The molecule has 1 aromatic carbocycles. The van der Waals surface area contributed by atoms with Gasteiger partial charge in [-0.3, -0.25) is 24.3 Å². The number of para-hydroxylation sites is 1. The van der Waals surface area contributed by atoms with E-state index in [1.54, 1.807) is 18.0 Å². The van der Waals surface area contributed by atoms with E-state index >= 15 is 0 Å². The van der Waals surface area contributed by atoms with Crippen molar-refractivity contribution in [2.45, 2.75) is 16.2 Å². The summed E-state index contributed by atoms with van der Waals surface area (Å²) in [5.74, 6) is -0.965. The van der Waals surface area contributed by atoms with Gasteiger partial charge in [0.2, 0.25) is 11.8 Å². The van der Waals surface area contributed by atoms with Crippen LogP contribution in [0.25, 0.3) is 0 Å². The van der Waals surface area contributed by atoms with Crippen molar-refractivity contribution in [3.63, 3.8) is 0 Å². The fourth-order valence-corrected chi connectivity index (χ4v) is 5.87. The van der Waals surface area contributed by atoms with Crippen molar-refractivity contribution >= 4 is 57.5 Å². The quantitative estimate of drug-likeness (QED) is 0.434. The molecule has 1 saturated heterocycles. The van der Waals surface area contributed by atoms with Crippen molar-refractivity contribution in [2.24, 2.45) is 5.92 Å². The Balaban J connectivity index is 1.49. The predicted octanol–water partition coefficient (Wildman–Crippen LogP) is 4.29. The van der Waals surface area contributed by atoms with Crippen molar-refractivity contribution in [2.75, 3.05) is 19.0 Å². The zero-order valence-corrected chi connectivity index (χ0v) is 18.4. The fraction of sp³-hybridized carbons (Fsp3) is 0.182. The van der Waals surface area contributed by atoms with Crippen LogP contribution in [0, 0.1) is 5.92 Å². The topological polar surface area (TPSA) is 73.8 Å². The third kappa shape index (κ3) is 3.21. The fourth-order valence-electron chi connectivity index (χ4n) is 3.77. The van der Waals surface area contributed by atoms with Gasteiger partial charge in [-0.2, -0.15) is 0 Å². The Labute approximate surface area is 187 Å². The van der Waals surface area contributed by atoms with E-state index in [1.807, 2.05) is 36.4 Å². The molecular weight excluding hydrogens is 432 g/mol. The summed E-state index contributed by atoms with van der Waals surface area (Å²) in [6, 6.07) is 15.5. The molecule has 5 rings (SSSR count). The van der Waals surface area contributed by atoms with Crippen LogP contribution in [0.4, 0.5) is 21.3 Å². The smallest absolute Gasteiger partial charge is 0.284 e. The zero-order chi connectivity index (χ0) is 21.7. The summed E-state index contributed by atoms with van der Waals surface area (Å²) in [5.41, 5.74) is 1.04. The van der Waals surface area contributed by atoms with Crippen LogP contribution in [-0.2, 0) is 16.0 Å². The van der Waals surface area contributed by atoms with Gasteiger partial charge < -0.3 is 0 Å². The number of urea groups is 1. The molecule has 1 fully saturated rings. The maximum absolute atomic E-state index is 12.6. The third-order valence-electron chi connectivity index (χ3n) is 5.39. The molecule has 0 N–H and O–H groups in total. The van der Waals surface area contributed by atoms with Gasteiger partial charge >= 0.3 is 6.03 Å². The molecule has 31 heavy (non-hydrogen) atoms. The first kappa shape index (κ1) is 19.8. The van der Waals surface area contributed by atoms with Gasteiger partial charge in [-0.05, 0) is 36.4 Å². The number of carbonyl (C=O) groups is 3. The second-order valence-electron chi connectivity index (χ2n) is 7.30. The molecular formula is C22H18N4O3S2. The van der Waals surface area contributed by atoms with Crippen LogP contribution in [0.5, 0.6) is 0 Å². The van der Waals surface area contributed by atoms with Gasteiger partial charge in [0, 0.05) is 36.5 Å². The number of amides is 4. The van der Waals surface area contributed by atoms with E-state index < -0.39 is 23.8 Å². The van der Waals surface area contributed by atoms with E-state index in [9.17, 15) is 14.4 Å². The predicted molar refractivity (Wildman–Crippen MR) is 119 cm³/mol. The van der Waals surface area contributed by atoms with Crippen LogP contribution < -0.4 is 4.90 Å². The van der Waals surface area contributed by atoms with E-state index in [4.69, 9.17) is 0 Å². The minimum Gasteiger partial charge on any atom is -0.284 e. The number of imide groups is 2. The summed E-state index contributed by atoms with van der Waals surface area (Å²) >= 11 is 3.20. The number of hydrogen-bond acceptors (Lipinski definition) is 7. The molecule has 9 heteroatoms. The number of nitrogens with zero attached hydrogens (tertiary/aromatic N) is 4. The molecule has 2 aliphatic rings. The molecule has 0 bridgehead atoms. The van der Waals surface area contributed by atoms with Crippen LogP contribution in [0.3, 0.4) is 0 Å².